The Balaban J connectivity index is 2.64. The van der Waals surface area contributed by atoms with Gasteiger partial charge in [0.1, 0.15) is 0 Å². The first kappa shape index (κ1) is 12.6. The van der Waals surface area contributed by atoms with Crippen LogP contribution in [0.1, 0.15) is 27.2 Å². The molecule has 4 heteroatoms. The van der Waals surface area contributed by atoms with Crippen molar-refractivity contribution < 1.29 is 9.59 Å². The molecule has 1 aliphatic heterocycles. The van der Waals surface area contributed by atoms with Crippen LogP contribution in [-0.2, 0) is 9.59 Å². The van der Waals surface area contributed by atoms with E-state index in [2.05, 4.69) is 26.5 Å². The van der Waals surface area contributed by atoms with Crippen LogP contribution in [0.5, 0.6) is 0 Å². The minimum atomic E-state index is -0.134. The molecule has 1 aliphatic rings. The smallest absolute Gasteiger partial charge is 0.232 e. The van der Waals surface area contributed by atoms with Gasteiger partial charge in [0.05, 0.1) is 0 Å². The summed E-state index contributed by atoms with van der Waals surface area (Å²) in [5.41, 5.74) is 0. The highest BCUT2D eigenvalue weighted by Crippen LogP contribution is 2.22. The fourth-order valence-electron chi connectivity index (χ4n) is 1.75. The number of imide groups is 1. The molecule has 2 amide bonds. The molecule has 2 unspecified atom stereocenters. The van der Waals surface area contributed by atoms with Crippen molar-refractivity contribution in [2.24, 2.45) is 17.8 Å². The molecule has 0 bridgehead atoms. The zero-order valence-corrected chi connectivity index (χ0v) is 10.5. The lowest BCUT2D eigenvalue weighted by Crippen LogP contribution is -2.37. The Hall–Kier alpha value is -0.510. The molecule has 1 fully saturated rings. The van der Waals surface area contributed by atoms with Crippen molar-refractivity contribution in [2.45, 2.75) is 27.2 Å². The van der Waals surface area contributed by atoms with Crippen molar-refractivity contribution in [1.29, 1.82) is 0 Å². The second-order valence-corrected chi connectivity index (χ2v) is 5.00. The van der Waals surface area contributed by atoms with Crippen LogP contribution in [0.4, 0.5) is 0 Å². The number of carbonyl (C=O) groups excluding carboxylic acids is 2. The van der Waals surface area contributed by atoms with Crippen LogP contribution in [0.15, 0.2) is 0 Å². The maximum absolute atomic E-state index is 11.7. The van der Waals surface area contributed by atoms with Crippen LogP contribution < -0.4 is 0 Å². The van der Waals surface area contributed by atoms with Crippen molar-refractivity contribution in [3.05, 3.63) is 0 Å². The summed E-state index contributed by atoms with van der Waals surface area (Å²) in [6, 6.07) is 0. The normalized spacial score (nSPS) is 24.1. The van der Waals surface area contributed by atoms with E-state index in [4.69, 9.17) is 0 Å². The van der Waals surface area contributed by atoms with Gasteiger partial charge in [-0.1, -0.05) is 20.8 Å². The summed E-state index contributed by atoms with van der Waals surface area (Å²) in [7, 11) is 0. The Kier molecular flexibility index (Phi) is 4.20. The van der Waals surface area contributed by atoms with Gasteiger partial charge in [0.15, 0.2) is 0 Å². The van der Waals surface area contributed by atoms with Crippen molar-refractivity contribution in [2.75, 3.05) is 12.3 Å². The monoisotopic (exact) mass is 229 g/mol. The predicted octanol–water partition coefficient (Wildman–Crippen LogP) is 1.58. The Bertz CT molecular complexity index is 265. The minimum absolute atomic E-state index is 0.0209. The number of thiol groups is 1. The standard InChI is InChI=1S/C11H19NO2S/c1-7(2)9(6-15)5-12-10(13)4-8(3)11(12)14/h7-9,15H,4-6H2,1-3H3. The summed E-state index contributed by atoms with van der Waals surface area (Å²) in [6.07, 6.45) is 0.371. The van der Waals surface area contributed by atoms with Crippen molar-refractivity contribution in [3.8, 4) is 0 Å². The molecule has 0 aromatic carbocycles. The highest BCUT2D eigenvalue weighted by Gasteiger charge is 2.36. The van der Waals surface area contributed by atoms with Gasteiger partial charge in [-0.05, 0) is 17.6 Å². The lowest BCUT2D eigenvalue weighted by atomic mass is 9.97. The lowest BCUT2D eigenvalue weighted by Gasteiger charge is -2.24. The quantitative estimate of drug-likeness (QED) is 0.587. The third-order valence-corrected chi connectivity index (χ3v) is 3.53. The maximum atomic E-state index is 11.7. The third-order valence-electron chi connectivity index (χ3n) is 3.06. The van der Waals surface area contributed by atoms with E-state index in [-0.39, 0.29) is 17.7 Å². The highest BCUT2D eigenvalue weighted by molar-refractivity contribution is 7.80. The summed E-state index contributed by atoms with van der Waals surface area (Å²) >= 11 is 4.26. The molecular formula is C11H19NO2S. The molecule has 0 aromatic heterocycles. The Labute approximate surface area is 96.6 Å². The minimum Gasteiger partial charge on any atom is -0.282 e. The van der Waals surface area contributed by atoms with Gasteiger partial charge in [-0.15, -0.1) is 0 Å². The molecule has 1 rings (SSSR count). The van der Waals surface area contributed by atoms with Gasteiger partial charge in [-0.3, -0.25) is 14.5 Å². The van der Waals surface area contributed by atoms with E-state index in [1.165, 1.54) is 4.90 Å². The topological polar surface area (TPSA) is 37.4 Å². The molecule has 3 nitrogen and oxygen atoms in total. The number of hydrogen-bond acceptors (Lipinski definition) is 3. The molecule has 0 radical (unpaired) electrons. The van der Waals surface area contributed by atoms with Crippen molar-refractivity contribution in [3.63, 3.8) is 0 Å². The van der Waals surface area contributed by atoms with Crippen LogP contribution in [0.3, 0.4) is 0 Å². The van der Waals surface area contributed by atoms with Gasteiger partial charge in [0.2, 0.25) is 11.8 Å². The molecule has 0 spiro atoms. The number of carbonyl (C=O) groups is 2. The first-order chi connectivity index (χ1) is 6.97. The maximum Gasteiger partial charge on any atom is 0.232 e. The second-order valence-electron chi connectivity index (χ2n) is 4.63. The van der Waals surface area contributed by atoms with Crippen molar-refractivity contribution >= 4 is 24.4 Å². The van der Waals surface area contributed by atoms with E-state index in [9.17, 15) is 9.59 Å². The zero-order chi connectivity index (χ0) is 11.6. The summed E-state index contributed by atoms with van der Waals surface area (Å²) < 4.78 is 0. The molecule has 2 atom stereocenters. The Morgan fingerprint density at radius 1 is 1.47 bits per heavy atom. The fraction of sp³-hybridized carbons (Fsp3) is 0.818. The van der Waals surface area contributed by atoms with Gasteiger partial charge in [-0.2, -0.15) is 12.6 Å². The Morgan fingerprint density at radius 2 is 2.07 bits per heavy atom. The van der Waals surface area contributed by atoms with Gasteiger partial charge in [0.25, 0.3) is 0 Å². The zero-order valence-electron chi connectivity index (χ0n) is 9.56. The van der Waals surface area contributed by atoms with Gasteiger partial charge < -0.3 is 0 Å². The first-order valence-electron chi connectivity index (χ1n) is 5.42. The molecule has 0 aromatic rings. The van der Waals surface area contributed by atoms with E-state index in [1.54, 1.807) is 0 Å². The van der Waals surface area contributed by atoms with Crippen molar-refractivity contribution in [1.82, 2.24) is 4.90 Å². The van der Waals surface area contributed by atoms with E-state index >= 15 is 0 Å². The second kappa shape index (κ2) is 5.01. The summed E-state index contributed by atoms with van der Waals surface area (Å²) in [4.78, 5) is 24.6. The average Bonchev–Trinajstić information content (AvgIpc) is 2.39. The molecule has 0 aliphatic carbocycles. The van der Waals surface area contributed by atoms with Crippen LogP contribution in [0, 0.1) is 17.8 Å². The van der Waals surface area contributed by atoms with E-state index in [1.807, 2.05) is 6.92 Å². The molecular weight excluding hydrogens is 210 g/mol. The number of rotatable bonds is 4. The SMILES string of the molecule is CC1CC(=O)N(CC(CS)C(C)C)C1=O. The lowest BCUT2D eigenvalue weighted by molar-refractivity contribution is -0.140. The van der Waals surface area contributed by atoms with Gasteiger partial charge >= 0.3 is 0 Å². The Morgan fingerprint density at radius 3 is 2.40 bits per heavy atom. The molecule has 15 heavy (non-hydrogen) atoms. The highest BCUT2D eigenvalue weighted by atomic mass is 32.1. The molecule has 1 heterocycles. The van der Waals surface area contributed by atoms with E-state index < -0.39 is 0 Å². The number of nitrogens with zero attached hydrogens (tertiary/aromatic N) is 1. The average molecular weight is 229 g/mol. The molecule has 0 saturated carbocycles. The predicted molar refractivity (Wildman–Crippen MR) is 62.7 cm³/mol. The van der Waals surface area contributed by atoms with E-state index in [0.717, 1.165) is 0 Å². The van der Waals surface area contributed by atoms with Crippen LogP contribution in [0.25, 0.3) is 0 Å². The number of amides is 2. The summed E-state index contributed by atoms with van der Waals surface area (Å²) in [5, 5.41) is 0. The molecule has 1 saturated heterocycles. The largest absolute Gasteiger partial charge is 0.282 e. The molecule has 86 valence electrons. The summed E-state index contributed by atoms with van der Waals surface area (Å²) in [5.74, 6) is 1.27. The first-order valence-corrected chi connectivity index (χ1v) is 6.05. The fourth-order valence-corrected chi connectivity index (χ4v) is 2.29. The van der Waals surface area contributed by atoms with Crippen LogP contribution in [-0.4, -0.2) is 29.0 Å². The van der Waals surface area contributed by atoms with Gasteiger partial charge in [0, 0.05) is 18.9 Å². The van der Waals surface area contributed by atoms with Gasteiger partial charge in [-0.25, -0.2) is 0 Å². The van der Waals surface area contributed by atoms with Crippen LogP contribution in [0.2, 0.25) is 0 Å². The molecule has 0 N–H and O–H groups in total. The van der Waals surface area contributed by atoms with E-state index in [0.29, 0.717) is 30.6 Å². The third kappa shape index (κ3) is 2.74. The number of likely N-dealkylation sites (tertiary alicyclic amines) is 1. The summed E-state index contributed by atoms with van der Waals surface area (Å²) in [6.45, 7) is 6.53. The number of hydrogen-bond donors (Lipinski definition) is 1. The van der Waals surface area contributed by atoms with Crippen LogP contribution >= 0.6 is 12.6 Å².